The van der Waals surface area contributed by atoms with Gasteiger partial charge in [0.25, 0.3) is 0 Å². The standard InChI is InChI=1S/C17H32/c1-3-17-14-9-7-5-4-6-8-12-16(2)13-10-11-15-17/h3,16H,4-15H2,1-2H3. The minimum atomic E-state index is 0.965. The van der Waals surface area contributed by atoms with Crippen molar-refractivity contribution in [2.24, 2.45) is 5.92 Å². The summed E-state index contributed by atoms with van der Waals surface area (Å²) in [5, 5.41) is 0. The van der Waals surface area contributed by atoms with E-state index in [4.69, 9.17) is 0 Å². The highest BCUT2D eigenvalue weighted by molar-refractivity contribution is 4.99. The zero-order valence-electron chi connectivity index (χ0n) is 12.1. The van der Waals surface area contributed by atoms with Crippen molar-refractivity contribution in [1.82, 2.24) is 0 Å². The van der Waals surface area contributed by atoms with Crippen LogP contribution in [0.5, 0.6) is 0 Å². The van der Waals surface area contributed by atoms with Gasteiger partial charge in [-0.1, -0.05) is 69.9 Å². The predicted octanol–water partition coefficient (Wildman–Crippen LogP) is 6.26. The summed E-state index contributed by atoms with van der Waals surface area (Å²) in [5.74, 6) is 0.965. The van der Waals surface area contributed by atoms with E-state index < -0.39 is 0 Å². The molecule has 0 N–H and O–H groups in total. The number of allylic oxidation sites excluding steroid dienone is 2. The third-order valence-corrected chi connectivity index (χ3v) is 4.30. The molecule has 1 unspecified atom stereocenters. The fourth-order valence-electron chi connectivity index (χ4n) is 2.95. The van der Waals surface area contributed by atoms with Gasteiger partial charge in [0, 0.05) is 0 Å². The summed E-state index contributed by atoms with van der Waals surface area (Å²) < 4.78 is 0. The van der Waals surface area contributed by atoms with E-state index in [-0.39, 0.29) is 0 Å². The van der Waals surface area contributed by atoms with Crippen LogP contribution in [0.15, 0.2) is 11.6 Å². The van der Waals surface area contributed by atoms with E-state index >= 15 is 0 Å². The summed E-state index contributed by atoms with van der Waals surface area (Å²) in [6.07, 6.45) is 19.6. The normalized spacial score (nSPS) is 28.8. The van der Waals surface area contributed by atoms with E-state index in [0.717, 1.165) is 5.92 Å². The molecule has 0 aromatic carbocycles. The average Bonchev–Trinajstić information content (AvgIpc) is 2.34. The first-order valence-electron chi connectivity index (χ1n) is 7.97. The predicted molar refractivity (Wildman–Crippen MR) is 78.3 cm³/mol. The molecular weight excluding hydrogens is 204 g/mol. The number of hydrogen-bond acceptors (Lipinski definition) is 0. The van der Waals surface area contributed by atoms with E-state index in [1.54, 1.807) is 5.57 Å². The summed E-state index contributed by atoms with van der Waals surface area (Å²) in [7, 11) is 0. The highest BCUT2D eigenvalue weighted by Gasteiger charge is 2.04. The van der Waals surface area contributed by atoms with Crippen molar-refractivity contribution in [3.05, 3.63) is 11.6 Å². The second-order valence-electron chi connectivity index (χ2n) is 5.96. The fraction of sp³-hybridized carbons (Fsp3) is 0.882. The Bertz CT molecular complexity index is 202. The summed E-state index contributed by atoms with van der Waals surface area (Å²) in [6.45, 7) is 4.67. The lowest BCUT2D eigenvalue weighted by molar-refractivity contribution is 0.433. The first kappa shape index (κ1) is 14.8. The molecule has 0 heteroatoms. The Morgan fingerprint density at radius 2 is 1.24 bits per heavy atom. The Hall–Kier alpha value is -0.260. The topological polar surface area (TPSA) is 0 Å². The maximum Gasteiger partial charge on any atom is -0.0320 e. The quantitative estimate of drug-likeness (QED) is 0.435. The number of hydrogen-bond donors (Lipinski definition) is 0. The molecule has 0 aliphatic heterocycles. The minimum Gasteiger partial charge on any atom is -0.0885 e. The van der Waals surface area contributed by atoms with Crippen molar-refractivity contribution >= 4 is 0 Å². The van der Waals surface area contributed by atoms with E-state index in [2.05, 4.69) is 19.9 Å². The zero-order valence-corrected chi connectivity index (χ0v) is 12.1. The second kappa shape index (κ2) is 9.74. The van der Waals surface area contributed by atoms with E-state index in [1.807, 2.05) is 0 Å². The van der Waals surface area contributed by atoms with Crippen LogP contribution >= 0.6 is 0 Å². The third-order valence-electron chi connectivity index (χ3n) is 4.30. The molecule has 1 saturated carbocycles. The largest absolute Gasteiger partial charge is 0.0885 e. The molecule has 1 aliphatic carbocycles. The molecule has 0 spiro atoms. The van der Waals surface area contributed by atoms with Crippen molar-refractivity contribution < 1.29 is 0 Å². The first-order valence-corrected chi connectivity index (χ1v) is 7.97. The van der Waals surface area contributed by atoms with Crippen LogP contribution in [-0.2, 0) is 0 Å². The van der Waals surface area contributed by atoms with Crippen molar-refractivity contribution in [1.29, 1.82) is 0 Å². The van der Waals surface area contributed by atoms with Crippen LogP contribution < -0.4 is 0 Å². The highest BCUT2D eigenvalue weighted by Crippen LogP contribution is 2.22. The Morgan fingerprint density at radius 1 is 0.765 bits per heavy atom. The van der Waals surface area contributed by atoms with E-state index in [1.165, 1.54) is 77.0 Å². The maximum absolute atomic E-state index is 2.45. The first-order chi connectivity index (χ1) is 8.33. The van der Waals surface area contributed by atoms with Crippen molar-refractivity contribution in [2.45, 2.75) is 90.9 Å². The molecule has 1 aliphatic rings. The molecule has 100 valence electrons. The van der Waals surface area contributed by atoms with Crippen LogP contribution in [0.25, 0.3) is 0 Å². The molecule has 17 heavy (non-hydrogen) atoms. The molecule has 1 atom stereocenters. The summed E-state index contributed by atoms with van der Waals surface area (Å²) in [6, 6.07) is 0. The lowest BCUT2D eigenvalue weighted by Gasteiger charge is -2.13. The molecule has 0 saturated heterocycles. The van der Waals surface area contributed by atoms with Crippen molar-refractivity contribution in [3.8, 4) is 0 Å². The van der Waals surface area contributed by atoms with Gasteiger partial charge in [-0.25, -0.2) is 0 Å². The van der Waals surface area contributed by atoms with Crippen LogP contribution in [0.4, 0.5) is 0 Å². The van der Waals surface area contributed by atoms with Gasteiger partial charge in [-0.3, -0.25) is 0 Å². The van der Waals surface area contributed by atoms with Gasteiger partial charge >= 0.3 is 0 Å². The van der Waals surface area contributed by atoms with Crippen LogP contribution in [-0.4, -0.2) is 0 Å². The summed E-state index contributed by atoms with van der Waals surface area (Å²) >= 11 is 0. The van der Waals surface area contributed by atoms with Gasteiger partial charge in [-0.15, -0.1) is 0 Å². The zero-order chi connectivity index (χ0) is 12.3. The highest BCUT2D eigenvalue weighted by atomic mass is 14.1. The Balaban J connectivity index is 2.29. The monoisotopic (exact) mass is 236 g/mol. The van der Waals surface area contributed by atoms with Gasteiger partial charge in [0.15, 0.2) is 0 Å². The van der Waals surface area contributed by atoms with Crippen LogP contribution in [0.1, 0.15) is 90.9 Å². The molecule has 0 nitrogen and oxygen atoms in total. The molecule has 1 fully saturated rings. The van der Waals surface area contributed by atoms with Crippen LogP contribution in [0.3, 0.4) is 0 Å². The van der Waals surface area contributed by atoms with Gasteiger partial charge in [-0.05, 0) is 38.5 Å². The molecule has 0 radical (unpaired) electrons. The molecule has 1 rings (SSSR count). The molecule has 0 aromatic heterocycles. The Morgan fingerprint density at radius 3 is 1.88 bits per heavy atom. The Labute approximate surface area is 109 Å². The van der Waals surface area contributed by atoms with Gasteiger partial charge in [0.05, 0.1) is 0 Å². The van der Waals surface area contributed by atoms with E-state index in [9.17, 15) is 0 Å². The van der Waals surface area contributed by atoms with Gasteiger partial charge in [0.1, 0.15) is 0 Å². The lowest BCUT2D eigenvalue weighted by atomic mass is 9.93. The third kappa shape index (κ3) is 7.63. The van der Waals surface area contributed by atoms with Gasteiger partial charge < -0.3 is 0 Å². The van der Waals surface area contributed by atoms with Crippen molar-refractivity contribution in [3.63, 3.8) is 0 Å². The van der Waals surface area contributed by atoms with Gasteiger partial charge in [-0.2, -0.15) is 0 Å². The molecule has 0 heterocycles. The summed E-state index contributed by atoms with van der Waals surface area (Å²) in [4.78, 5) is 0. The molecular formula is C17H32. The molecule has 0 aromatic rings. The Kier molecular flexibility index (Phi) is 8.48. The minimum absolute atomic E-state index is 0.965. The summed E-state index contributed by atoms with van der Waals surface area (Å²) in [5.41, 5.74) is 1.72. The van der Waals surface area contributed by atoms with Crippen LogP contribution in [0.2, 0.25) is 0 Å². The second-order valence-corrected chi connectivity index (χ2v) is 5.96. The smallest absolute Gasteiger partial charge is 0.0320 e. The average molecular weight is 236 g/mol. The van der Waals surface area contributed by atoms with Gasteiger partial charge in [0.2, 0.25) is 0 Å². The van der Waals surface area contributed by atoms with E-state index in [0.29, 0.717) is 0 Å². The number of rotatable bonds is 0. The van der Waals surface area contributed by atoms with Crippen LogP contribution in [0, 0.1) is 5.92 Å². The van der Waals surface area contributed by atoms with Crippen molar-refractivity contribution in [2.75, 3.05) is 0 Å². The fourth-order valence-corrected chi connectivity index (χ4v) is 2.95. The maximum atomic E-state index is 2.45. The molecule has 0 amide bonds. The SMILES string of the molecule is CC=C1CCCCCCCCC(C)CCCC1. The molecule has 0 bridgehead atoms. The lowest BCUT2D eigenvalue weighted by Crippen LogP contribution is -1.96.